The van der Waals surface area contributed by atoms with Crippen molar-refractivity contribution in [3.05, 3.63) is 166 Å². The van der Waals surface area contributed by atoms with Crippen LogP contribution >= 0.6 is 23.1 Å². The molecule has 0 spiro atoms. The highest BCUT2D eigenvalue weighted by Crippen LogP contribution is 2.43. The van der Waals surface area contributed by atoms with Gasteiger partial charge in [0.05, 0.1) is 17.9 Å². The van der Waals surface area contributed by atoms with Gasteiger partial charge in [-0.2, -0.15) is 0 Å². The molecule has 1 aliphatic rings. The Morgan fingerprint density at radius 1 is 0.839 bits per heavy atom. The van der Waals surface area contributed by atoms with Crippen LogP contribution < -0.4 is 16.0 Å². The summed E-state index contributed by atoms with van der Waals surface area (Å²) >= 11 is 2.80. The molecule has 2 aromatic heterocycles. The molecule has 11 heteroatoms. The molecule has 1 aliphatic carbocycles. The number of anilines is 2. The van der Waals surface area contributed by atoms with E-state index in [2.05, 4.69) is 28.1 Å². The minimum Gasteiger partial charge on any atom is -0.465 e. The van der Waals surface area contributed by atoms with Crippen molar-refractivity contribution >= 4 is 63.6 Å². The van der Waals surface area contributed by atoms with E-state index in [-0.39, 0.29) is 11.6 Å². The van der Waals surface area contributed by atoms with Crippen LogP contribution in [-0.2, 0) is 27.2 Å². The van der Waals surface area contributed by atoms with Gasteiger partial charge in [0.15, 0.2) is 0 Å². The van der Waals surface area contributed by atoms with E-state index in [1.807, 2.05) is 60.7 Å². The number of benzene rings is 4. The lowest BCUT2D eigenvalue weighted by atomic mass is 9.83. The SMILES string of the molecule is COC(=O)c1c(NC(=O)[C@H](C)Sc2ccc(NC(=O)/C(=C\c3ccc(-c4ccccc4)o3)NC(=O)c3ccccc3)cc2)sc2c1CC[C@H](c1ccccc1)C2. The molecular weight excluding hydrogens is 743 g/mol. The average molecular weight is 782 g/mol. The van der Waals surface area contributed by atoms with Crippen molar-refractivity contribution in [3.63, 3.8) is 0 Å². The van der Waals surface area contributed by atoms with Crippen molar-refractivity contribution < 1.29 is 28.3 Å². The van der Waals surface area contributed by atoms with Gasteiger partial charge in [0.1, 0.15) is 22.2 Å². The fourth-order valence-corrected chi connectivity index (χ4v) is 8.75. The van der Waals surface area contributed by atoms with Crippen LogP contribution in [0.4, 0.5) is 10.7 Å². The molecule has 56 heavy (non-hydrogen) atoms. The number of hydrogen-bond acceptors (Lipinski definition) is 8. The molecule has 0 aliphatic heterocycles. The molecule has 4 aromatic carbocycles. The van der Waals surface area contributed by atoms with Crippen LogP contribution in [-0.4, -0.2) is 36.1 Å². The molecule has 2 heterocycles. The molecule has 7 rings (SSSR count). The van der Waals surface area contributed by atoms with Crippen LogP contribution in [0.5, 0.6) is 0 Å². The third kappa shape index (κ3) is 9.02. The van der Waals surface area contributed by atoms with Gasteiger partial charge in [-0.15, -0.1) is 23.1 Å². The summed E-state index contributed by atoms with van der Waals surface area (Å²) in [5.74, 6) is -0.329. The van der Waals surface area contributed by atoms with E-state index in [1.165, 1.54) is 41.8 Å². The molecular formula is C45H39N3O6S2. The molecule has 6 aromatic rings. The highest BCUT2D eigenvalue weighted by Gasteiger charge is 2.31. The number of carbonyl (C=O) groups excluding carboxylic acids is 4. The summed E-state index contributed by atoms with van der Waals surface area (Å²) in [4.78, 5) is 55.1. The van der Waals surface area contributed by atoms with Crippen LogP contribution in [0.25, 0.3) is 17.4 Å². The largest absolute Gasteiger partial charge is 0.465 e. The number of ether oxygens (including phenoxy) is 1. The van der Waals surface area contributed by atoms with Crippen molar-refractivity contribution in [3.8, 4) is 11.3 Å². The zero-order chi connectivity index (χ0) is 39.0. The molecule has 0 unspecified atom stereocenters. The fraction of sp³-hybridized carbons (Fsp3) is 0.156. The Kier molecular flexibility index (Phi) is 11.9. The maximum Gasteiger partial charge on any atom is 0.341 e. The number of hydrogen-bond donors (Lipinski definition) is 3. The lowest BCUT2D eigenvalue weighted by Crippen LogP contribution is -2.30. The second-order valence-electron chi connectivity index (χ2n) is 13.2. The number of esters is 1. The van der Waals surface area contributed by atoms with Gasteiger partial charge in [-0.3, -0.25) is 14.4 Å². The second-order valence-corrected chi connectivity index (χ2v) is 15.7. The maximum absolute atomic E-state index is 13.6. The van der Waals surface area contributed by atoms with Crippen molar-refractivity contribution in [1.82, 2.24) is 5.32 Å². The monoisotopic (exact) mass is 781 g/mol. The van der Waals surface area contributed by atoms with Gasteiger partial charge in [-0.25, -0.2) is 4.79 Å². The number of amides is 3. The van der Waals surface area contributed by atoms with E-state index in [0.29, 0.717) is 39.3 Å². The summed E-state index contributed by atoms with van der Waals surface area (Å²) < 4.78 is 11.1. The Balaban J connectivity index is 1.02. The highest BCUT2D eigenvalue weighted by atomic mass is 32.2. The third-order valence-electron chi connectivity index (χ3n) is 9.46. The highest BCUT2D eigenvalue weighted by molar-refractivity contribution is 8.00. The average Bonchev–Trinajstić information content (AvgIpc) is 3.86. The van der Waals surface area contributed by atoms with Crippen molar-refractivity contribution in [2.75, 3.05) is 17.7 Å². The summed E-state index contributed by atoms with van der Waals surface area (Å²) in [5, 5.41) is 8.62. The zero-order valence-corrected chi connectivity index (χ0v) is 32.4. The van der Waals surface area contributed by atoms with Gasteiger partial charge in [0.2, 0.25) is 5.91 Å². The molecule has 9 nitrogen and oxygen atoms in total. The number of carbonyl (C=O) groups is 4. The lowest BCUT2D eigenvalue weighted by Gasteiger charge is -2.22. The summed E-state index contributed by atoms with van der Waals surface area (Å²) in [6.45, 7) is 1.80. The fourth-order valence-electron chi connectivity index (χ4n) is 6.56. The van der Waals surface area contributed by atoms with Crippen LogP contribution in [0, 0.1) is 0 Å². The number of rotatable bonds is 12. The van der Waals surface area contributed by atoms with Gasteiger partial charge in [-0.05, 0) is 91.8 Å². The molecule has 0 fully saturated rings. The summed E-state index contributed by atoms with van der Waals surface area (Å²) in [6, 6.07) is 39.2. The minimum atomic E-state index is -0.546. The number of thioether (sulfide) groups is 1. The van der Waals surface area contributed by atoms with E-state index in [4.69, 9.17) is 9.15 Å². The van der Waals surface area contributed by atoms with Crippen LogP contribution in [0.3, 0.4) is 0 Å². The van der Waals surface area contributed by atoms with E-state index >= 15 is 0 Å². The Labute approximate surface area is 333 Å². The number of methoxy groups -OCH3 is 1. The molecule has 282 valence electrons. The first-order valence-corrected chi connectivity index (χ1v) is 19.9. The van der Waals surface area contributed by atoms with E-state index in [9.17, 15) is 19.2 Å². The van der Waals surface area contributed by atoms with E-state index < -0.39 is 23.0 Å². The van der Waals surface area contributed by atoms with E-state index in [0.717, 1.165) is 40.2 Å². The molecule has 0 bridgehead atoms. The normalized spacial score (nSPS) is 14.2. The number of nitrogens with one attached hydrogen (secondary N) is 3. The molecule has 0 radical (unpaired) electrons. The quantitative estimate of drug-likeness (QED) is 0.0641. The Hall–Kier alpha value is -6.17. The number of fused-ring (bicyclic) bond motifs is 1. The van der Waals surface area contributed by atoms with Crippen LogP contribution in [0.2, 0.25) is 0 Å². The predicted octanol–water partition coefficient (Wildman–Crippen LogP) is 9.60. The lowest BCUT2D eigenvalue weighted by molar-refractivity contribution is -0.115. The Morgan fingerprint density at radius 3 is 2.21 bits per heavy atom. The van der Waals surface area contributed by atoms with Gasteiger partial charge < -0.3 is 25.1 Å². The molecule has 0 saturated heterocycles. The standard InChI is InChI=1S/C45H39N3O6S2/c1-28(41(49)48-44-40(45(52)53-2)36-24-18-32(26-39(36)56-44)29-12-6-3-7-13-29)55-35-22-19-33(20-23-35)46-43(51)37(47-42(50)31-16-10-5-11-17-31)27-34-21-25-38(54-34)30-14-8-4-9-15-30/h3-17,19-23,25,27-28,32H,18,24,26H2,1-2H3,(H,46,51)(H,47,50)(H,48,49)/b37-27+/t28-,32-/m0/s1. The van der Waals surface area contributed by atoms with E-state index in [1.54, 1.807) is 61.5 Å². The van der Waals surface area contributed by atoms with Crippen molar-refractivity contribution in [2.24, 2.45) is 0 Å². The van der Waals surface area contributed by atoms with Crippen molar-refractivity contribution in [1.29, 1.82) is 0 Å². The molecule has 2 atom stereocenters. The first-order chi connectivity index (χ1) is 27.2. The third-order valence-corrected chi connectivity index (χ3v) is 11.7. The van der Waals surface area contributed by atoms with Gasteiger partial charge in [0.25, 0.3) is 11.8 Å². The second kappa shape index (κ2) is 17.5. The van der Waals surface area contributed by atoms with Crippen LogP contribution in [0.15, 0.2) is 142 Å². The number of furan rings is 1. The number of thiophene rings is 1. The minimum absolute atomic E-state index is 0.00581. The Bertz CT molecular complexity index is 2370. The van der Waals surface area contributed by atoms with Crippen molar-refractivity contribution in [2.45, 2.75) is 42.2 Å². The van der Waals surface area contributed by atoms with Crippen LogP contribution in [0.1, 0.15) is 61.7 Å². The molecule has 3 amide bonds. The molecule has 3 N–H and O–H groups in total. The first kappa shape index (κ1) is 38.1. The first-order valence-electron chi connectivity index (χ1n) is 18.2. The topological polar surface area (TPSA) is 127 Å². The molecule has 0 saturated carbocycles. The summed E-state index contributed by atoms with van der Waals surface area (Å²) in [6.07, 6.45) is 3.93. The smallest absolute Gasteiger partial charge is 0.341 e. The predicted molar refractivity (Wildman–Crippen MR) is 222 cm³/mol. The van der Waals surface area contributed by atoms with Gasteiger partial charge in [-0.1, -0.05) is 78.9 Å². The summed E-state index contributed by atoms with van der Waals surface area (Å²) in [5.41, 5.74) is 4.43. The van der Waals surface area contributed by atoms with Gasteiger partial charge in [0, 0.05) is 32.7 Å². The summed E-state index contributed by atoms with van der Waals surface area (Å²) in [7, 11) is 1.36. The Morgan fingerprint density at radius 2 is 1.52 bits per heavy atom. The maximum atomic E-state index is 13.6. The van der Waals surface area contributed by atoms with Gasteiger partial charge >= 0.3 is 5.97 Å². The zero-order valence-electron chi connectivity index (χ0n) is 30.7.